The predicted octanol–water partition coefficient (Wildman–Crippen LogP) is 2.89. The van der Waals surface area contributed by atoms with Gasteiger partial charge in [0, 0.05) is 31.2 Å². The fraction of sp³-hybridized carbons (Fsp3) is 1.00. The Labute approximate surface area is 107 Å². The standard InChI is InChI=1S/C15H30N2/c1-6-15(7-2)11-17(12(3)9-16-15)10-13-8-14(13,4)5/h12-13,16H,6-11H2,1-5H3. The van der Waals surface area contributed by atoms with E-state index in [0.717, 1.165) is 12.5 Å². The van der Waals surface area contributed by atoms with E-state index in [0.29, 0.717) is 17.0 Å². The Morgan fingerprint density at radius 3 is 2.29 bits per heavy atom. The third kappa shape index (κ3) is 2.68. The number of nitrogens with one attached hydrogen (secondary N) is 1. The molecule has 2 fully saturated rings. The van der Waals surface area contributed by atoms with Gasteiger partial charge in [-0.05, 0) is 37.5 Å². The molecule has 2 aliphatic rings. The zero-order valence-electron chi connectivity index (χ0n) is 12.3. The van der Waals surface area contributed by atoms with Gasteiger partial charge < -0.3 is 5.32 Å². The Kier molecular flexibility index (Phi) is 3.57. The largest absolute Gasteiger partial charge is 0.308 e. The summed E-state index contributed by atoms with van der Waals surface area (Å²) in [7, 11) is 0. The minimum absolute atomic E-state index is 0.380. The lowest BCUT2D eigenvalue weighted by atomic mass is 9.88. The number of nitrogens with zero attached hydrogens (tertiary/aromatic N) is 1. The Hall–Kier alpha value is -0.0800. The molecule has 1 aliphatic heterocycles. The first-order chi connectivity index (χ1) is 7.92. The molecule has 0 spiro atoms. The van der Waals surface area contributed by atoms with Gasteiger partial charge in [0.15, 0.2) is 0 Å². The lowest BCUT2D eigenvalue weighted by Gasteiger charge is -2.47. The van der Waals surface area contributed by atoms with Gasteiger partial charge in [-0.15, -0.1) is 0 Å². The lowest BCUT2D eigenvalue weighted by Crippen LogP contribution is -2.63. The van der Waals surface area contributed by atoms with E-state index in [2.05, 4.69) is 44.8 Å². The highest BCUT2D eigenvalue weighted by Crippen LogP contribution is 2.52. The molecule has 0 aromatic rings. The van der Waals surface area contributed by atoms with Crippen molar-refractivity contribution in [2.75, 3.05) is 19.6 Å². The average Bonchev–Trinajstić information content (AvgIpc) is 2.90. The van der Waals surface area contributed by atoms with Crippen LogP contribution in [0.2, 0.25) is 0 Å². The predicted molar refractivity (Wildman–Crippen MR) is 74.2 cm³/mol. The molecule has 100 valence electrons. The monoisotopic (exact) mass is 238 g/mol. The van der Waals surface area contributed by atoms with E-state index in [-0.39, 0.29) is 0 Å². The van der Waals surface area contributed by atoms with Gasteiger partial charge >= 0.3 is 0 Å². The molecular formula is C15H30N2. The molecule has 0 aromatic heterocycles. The van der Waals surface area contributed by atoms with Crippen molar-refractivity contribution in [3.63, 3.8) is 0 Å². The van der Waals surface area contributed by atoms with Gasteiger partial charge in [-0.2, -0.15) is 0 Å². The molecule has 1 aliphatic carbocycles. The van der Waals surface area contributed by atoms with Crippen molar-refractivity contribution >= 4 is 0 Å². The summed E-state index contributed by atoms with van der Waals surface area (Å²) in [4.78, 5) is 2.74. The molecule has 1 heterocycles. The molecule has 0 radical (unpaired) electrons. The minimum atomic E-state index is 0.380. The third-order valence-corrected chi connectivity index (χ3v) is 5.43. The molecule has 1 N–H and O–H groups in total. The van der Waals surface area contributed by atoms with Crippen LogP contribution in [-0.4, -0.2) is 36.1 Å². The Morgan fingerprint density at radius 1 is 1.24 bits per heavy atom. The number of rotatable bonds is 4. The van der Waals surface area contributed by atoms with Crippen molar-refractivity contribution in [3.05, 3.63) is 0 Å². The SMILES string of the molecule is CCC1(CC)CN(CC2CC2(C)C)C(C)CN1. The molecule has 2 unspecified atom stereocenters. The molecule has 1 saturated heterocycles. The van der Waals surface area contributed by atoms with E-state index in [9.17, 15) is 0 Å². The van der Waals surface area contributed by atoms with Gasteiger partial charge in [0.2, 0.25) is 0 Å². The van der Waals surface area contributed by atoms with Crippen LogP contribution in [0.25, 0.3) is 0 Å². The summed E-state index contributed by atoms with van der Waals surface area (Å²) in [5.74, 6) is 0.939. The van der Waals surface area contributed by atoms with Crippen LogP contribution in [0.4, 0.5) is 0 Å². The van der Waals surface area contributed by atoms with E-state index in [4.69, 9.17) is 0 Å². The second-order valence-corrected chi connectivity index (χ2v) is 7.04. The molecule has 0 amide bonds. The normalized spacial score (nSPS) is 35.8. The Balaban J connectivity index is 1.95. The van der Waals surface area contributed by atoms with Crippen molar-refractivity contribution in [1.29, 1.82) is 0 Å². The summed E-state index contributed by atoms with van der Waals surface area (Å²) in [6.07, 6.45) is 3.93. The van der Waals surface area contributed by atoms with Crippen LogP contribution in [0.5, 0.6) is 0 Å². The molecular weight excluding hydrogens is 208 g/mol. The van der Waals surface area contributed by atoms with Crippen LogP contribution in [0.3, 0.4) is 0 Å². The molecule has 17 heavy (non-hydrogen) atoms. The molecule has 2 rings (SSSR count). The van der Waals surface area contributed by atoms with E-state index in [1.165, 1.54) is 32.4 Å². The fourth-order valence-corrected chi connectivity index (χ4v) is 3.23. The van der Waals surface area contributed by atoms with Gasteiger partial charge in [-0.3, -0.25) is 4.90 Å². The quantitative estimate of drug-likeness (QED) is 0.810. The maximum Gasteiger partial charge on any atom is 0.0304 e. The summed E-state index contributed by atoms with van der Waals surface area (Å²) in [6, 6.07) is 0.706. The first-order valence-electron chi connectivity index (χ1n) is 7.41. The van der Waals surface area contributed by atoms with Crippen molar-refractivity contribution in [2.45, 2.75) is 65.5 Å². The maximum atomic E-state index is 3.78. The minimum Gasteiger partial charge on any atom is -0.308 e. The maximum absolute atomic E-state index is 3.78. The smallest absolute Gasteiger partial charge is 0.0304 e. The van der Waals surface area contributed by atoms with E-state index in [1.807, 2.05) is 0 Å². The second-order valence-electron chi connectivity index (χ2n) is 7.04. The summed E-state index contributed by atoms with van der Waals surface area (Å²) in [6.45, 7) is 15.6. The highest BCUT2D eigenvalue weighted by atomic mass is 15.3. The highest BCUT2D eigenvalue weighted by Gasteiger charge is 2.47. The van der Waals surface area contributed by atoms with Crippen LogP contribution in [0.1, 0.15) is 53.9 Å². The van der Waals surface area contributed by atoms with E-state index >= 15 is 0 Å². The van der Waals surface area contributed by atoms with Crippen molar-refractivity contribution in [2.24, 2.45) is 11.3 Å². The molecule has 2 atom stereocenters. The summed E-state index contributed by atoms with van der Waals surface area (Å²) in [5, 5.41) is 3.78. The number of hydrogen-bond donors (Lipinski definition) is 1. The number of piperazine rings is 1. The van der Waals surface area contributed by atoms with E-state index < -0.39 is 0 Å². The summed E-state index contributed by atoms with van der Waals surface area (Å²) < 4.78 is 0. The molecule has 0 aromatic carbocycles. The van der Waals surface area contributed by atoms with Crippen molar-refractivity contribution < 1.29 is 0 Å². The second kappa shape index (κ2) is 4.55. The van der Waals surface area contributed by atoms with Gasteiger partial charge in [-0.25, -0.2) is 0 Å². The Bertz CT molecular complexity index is 268. The third-order valence-electron chi connectivity index (χ3n) is 5.43. The van der Waals surface area contributed by atoms with Crippen molar-refractivity contribution in [3.8, 4) is 0 Å². The van der Waals surface area contributed by atoms with Crippen LogP contribution >= 0.6 is 0 Å². The van der Waals surface area contributed by atoms with Gasteiger partial charge in [0.1, 0.15) is 0 Å². The lowest BCUT2D eigenvalue weighted by molar-refractivity contribution is 0.0739. The van der Waals surface area contributed by atoms with Crippen LogP contribution in [0.15, 0.2) is 0 Å². The first-order valence-corrected chi connectivity index (χ1v) is 7.41. The van der Waals surface area contributed by atoms with Gasteiger partial charge in [0.05, 0.1) is 0 Å². The fourth-order valence-electron chi connectivity index (χ4n) is 3.23. The summed E-state index contributed by atoms with van der Waals surface area (Å²) in [5.41, 5.74) is 0.997. The van der Waals surface area contributed by atoms with Gasteiger partial charge in [-0.1, -0.05) is 27.7 Å². The average molecular weight is 238 g/mol. The zero-order chi connectivity index (χ0) is 12.7. The van der Waals surface area contributed by atoms with Crippen LogP contribution in [-0.2, 0) is 0 Å². The zero-order valence-corrected chi connectivity index (χ0v) is 12.3. The van der Waals surface area contributed by atoms with Crippen LogP contribution in [0, 0.1) is 11.3 Å². The Morgan fingerprint density at radius 2 is 1.82 bits per heavy atom. The molecule has 1 saturated carbocycles. The molecule has 0 bridgehead atoms. The molecule has 2 heteroatoms. The molecule has 2 nitrogen and oxygen atoms in total. The van der Waals surface area contributed by atoms with Crippen LogP contribution < -0.4 is 5.32 Å². The first kappa shape index (κ1) is 13.4. The van der Waals surface area contributed by atoms with E-state index in [1.54, 1.807) is 0 Å². The number of hydrogen-bond acceptors (Lipinski definition) is 2. The topological polar surface area (TPSA) is 15.3 Å². The highest BCUT2D eigenvalue weighted by molar-refractivity contribution is 5.01. The van der Waals surface area contributed by atoms with Gasteiger partial charge in [0.25, 0.3) is 0 Å². The summed E-state index contributed by atoms with van der Waals surface area (Å²) >= 11 is 0. The van der Waals surface area contributed by atoms with Crippen molar-refractivity contribution in [1.82, 2.24) is 10.2 Å².